The lowest BCUT2D eigenvalue weighted by Gasteiger charge is -2.47. The Morgan fingerprint density at radius 1 is 1.19 bits per heavy atom. The van der Waals surface area contributed by atoms with Crippen LogP contribution in [0, 0.1) is 17.8 Å². The van der Waals surface area contributed by atoms with E-state index in [1.165, 1.54) is 27.7 Å². The molecule has 6 atom stereocenters. The molecule has 15 nitrogen and oxygen atoms in total. The van der Waals surface area contributed by atoms with E-state index in [1.807, 2.05) is 13.8 Å². The molecule has 5 rings (SSSR count). The topological polar surface area (TPSA) is 197 Å². The molecule has 0 radical (unpaired) electrons. The van der Waals surface area contributed by atoms with Crippen molar-refractivity contribution >= 4 is 41.2 Å². The number of β-lactam (4-membered cyclic amide) rings is 1. The van der Waals surface area contributed by atoms with Crippen LogP contribution in [-0.2, 0) is 30.5 Å². The van der Waals surface area contributed by atoms with Crippen molar-refractivity contribution in [3.05, 3.63) is 16.9 Å². The summed E-state index contributed by atoms with van der Waals surface area (Å²) in [7, 11) is 0. The summed E-state index contributed by atoms with van der Waals surface area (Å²) in [5.74, 6) is -2.49. The van der Waals surface area contributed by atoms with Crippen molar-refractivity contribution in [3.8, 4) is 0 Å². The maximum atomic E-state index is 13.2. The van der Waals surface area contributed by atoms with Gasteiger partial charge in [0.15, 0.2) is 5.78 Å². The van der Waals surface area contributed by atoms with Crippen LogP contribution in [0.1, 0.15) is 33.1 Å². The van der Waals surface area contributed by atoms with Crippen LogP contribution < -0.4 is 11.1 Å². The van der Waals surface area contributed by atoms with Crippen molar-refractivity contribution in [1.29, 1.82) is 0 Å². The third-order valence-electron chi connectivity index (χ3n) is 8.67. The fraction of sp³-hybridized carbons (Fsp3) is 0.692. The Bertz CT molecular complexity index is 1260. The standard InChI is InChI=1S/C26H37N9O6S/c1-14(9-16(36)12-34-13-29-30-31-34)20-21-15(2)23(22(26(40)41)35(21)25(20)39)42-17-10-18(28-11-17)24(38)33-7-5-32(6-8-33)19(37)3-4-27/h13-15,17-18,20-21,28H,3-12,27H2,1-2H3,(H,40,41)/t14-,15+,17?,18?,20+,21+/m0/s1. The van der Waals surface area contributed by atoms with Gasteiger partial charge in [-0.3, -0.25) is 19.2 Å². The van der Waals surface area contributed by atoms with Crippen LogP contribution >= 0.6 is 11.8 Å². The molecule has 5 heterocycles. The summed E-state index contributed by atoms with van der Waals surface area (Å²) in [5.41, 5.74) is 5.50. The number of rotatable bonds is 11. The Morgan fingerprint density at radius 3 is 2.55 bits per heavy atom. The summed E-state index contributed by atoms with van der Waals surface area (Å²) in [6, 6.07) is -0.719. The number of nitrogens with zero attached hydrogens (tertiary/aromatic N) is 7. The van der Waals surface area contributed by atoms with Gasteiger partial charge in [0, 0.05) is 68.2 Å². The maximum absolute atomic E-state index is 13.2. The Hall–Kier alpha value is -3.37. The van der Waals surface area contributed by atoms with Crippen molar-refractivity contribution in [1.82, 2.24) is 40.2 Å². The largest absolute Gasteiger partial charge is 0.477 e. The van der Waals surface area contributed by atoms with E-state index in [2.05, 4.69) is 20.8 Å². The second-order valence-corrected chi connectivity index (χ2v) is 12.8. The van der Waals surface area contributed by atoms with Gasteiger partial charge >= 0.3 is 5.97 Å². The number of ketones is 1. The van der Waals surface area contributed by atoms with Crippen LogP contribution in [0.2, 0.25) is 0 Å². The highest BCUT2D eigenvalue weighted by molar-refractivity contribution is 8.03. The predicted molar refractivity (Wildman–Crippen MR) is 149 cm³/mol. The Morgan fingerprint density at radius 2 is 1.90 bits per heavy atom. The van der Waals surface area contributed by atoms with E-state index in [-0.39, 0.29) is 65.3 Å². The van der Waals surface area contributed by atoms with Crippen molar-refractivity contribution in [2.75, 3.05) is 39.3 Å². The number of hydrogen-bond acceptors (Lipinski definition) is 11. The van der Waals surface area contributed by atoms with E-state index in [0.717, 1.165) is 0 Å². The first-order chi connectivity index (χ1) is 20.1. The van der Waals surface area contributed by atoms with Crippen LogP contribution in [0.4, 0.5) is 0 Å². The van der Waals surface area contributed by atoms with E-state index in [0.29, 0.717) is 57.0 Å². The number of aromatic nitrogens is 4. The minimum absolute atomic E-state index is 0.00370. The number of carboxylic acid groups (broad SMARTS) is 1. The molecule has 0 bridgehead atoms. The highest BCUT2D eigenvalue weighted by Gasteiger charge is 2.60. The van der Waals surface area contributed by atoms with Gasteiger partial charge in [0.2, 0.25) is 17.7 Å². The summed E-state index contributed by atoms with van der Waals surface area (Å²) < 4.78 is 1.33. The molecular formula is C26H37N9O6S. The Kier molecular flexibility index (Phi) is 8.94. The molecule has 0 spiro atoms. The highest BCUT2D eigenvalue weighted by atomic mass is 32.2. The van der Waals surface area contributed by atoms with Crippen molar-refractivity contribution in [2.24, 2.45) is 23.5 Å². The lowest BCUT2D eigenvalue weighted by atomic mass is 9.73. The first kappa shape index (κ1) is 30.1. The number of thioether (sulfide) groups is 1. The van der Waals surface area contributed by atoms with Crippen LogP contribution in [0.15, 0.2) is 16.9 Å². The lowest BCUT2D eigenvalue weighted by molar-refractivity contribution is -0.160. The molecule has 4 aliphatic rings. The number of hydrogen-bond donors (Lipinski definition) is 3. The highest BCUT2D eigenvalue weighted by Crippen LogP contribution is 2.53. The molecule has 1 aromatic rings. The van der Waals surface area contributed by atoms with E-state index >= 15 is 0 Å². The third-order valence-corrected chi connectivity index (χ3v) is 10.2. The van der Waals surface area contributed by atoms with Gasteiger partial charge in [0.05, 0.1) is 18.0 Å². The zero-order valence-corrected chi connectivity index (χ0v) is 24.5. The molecule has 4 N–H and O–H groups in total. The fourth-order valence-corrected chi connectivity index (χ4v) is 8.07. The second-order valence-electron chi connectivity index (χ2n) is 11.4. The number of piperazine rings is 1. The molecule has 16 heteroatoms. The number of nitrogens with one attached hydrogen (secondary N) is 1. The summed E-state index contributed by atoms with van der Waals surface area (Å²) in [6.45, 7) is 6.52. The van der Waals surface area contributed by atoms with E-state index < -0.39 is 17.9 Å². The first-order valence-electron chi connectivity index (χ1n) is 14.3. The number of Topliss-reactive ketones (excluding diaryl/α,β-unsaturated/α-hetero) is 1. The van der Waals surface area contributed by atoms with Gasteiger partial charge in [-0.2, -0.15) is 0 Å². The fourth-order valence-electron chi connectivity index (χ4n) is 6.59. The van der Waals surface area contributed by atoms with Gasteiger partial charge in [0.1, 0.15) is 18.6 Å². The van der Waals surface area contributed by atoms with Crippen molar-refractivity contribution in [3.63, 3.8) is 0 Å². The quantitative estimate of drug-likeness (QED) is 0.249. The molecule has 0 aromatic carbocycles. The van der Waals surface area contributed by atoms with E-state index in [1.54, 1.807) is 9.80 Å². The molecule has 228 valence electrons. The molecule has 3 saturated heterocycles. The maximum Gasteiger partial charge on any atom is 0.353 e. The van der Waals surface area contributed by atoms with Gasteiger partial charge in [-0.05, 0) is 22.8 Å². The van der Waals surface area contributed by atoms with Gasteiger partial charge in [-0.25, -0.2) is 9.48 Å². The number of carbonyl (C=O) groups excluding carboxylic acids is 4. The monoisotopic (exact) mass is 603 g/mol. The summed E-state index contributed by atoms with van der Waals surface area (Å²) in [4.78, 5) is 69.0. The van der Waals surface area contributed by atoms with Gasteiger partial charge < -0.3 is 30.9 Å². The van der Waals surface area contributed by atoms with E-state index in [9.17, 15) is 29.1 Å². The minimum atomic E-state index is -1.15. The average Bonchev–Trinajstić information content (AvgIpc) is 3.69. The number of amides is 3. The molecule has 3 fully saturated rings. The number of aliphatic carboxylic acids is 1. The molecule has 2 unspecified atom stereocenters. The number of tetrazole rings is 1. The zero-order valence-electron chi connectivity index (χ0n) is 23.7. The van der Waals surface area contributed by atoms with Crippen LogP contribution in [-0.4, -0.2) is 126 Å². The van der Waals surface area contributed by atoms with Gasteiger partial charge in [0.25, 0.3) is 0 Å². The zero-order chi connectivity index (χ0) is 30.1. The molecule has 4 aliphatic heterocycles. The molecular weight excluding hydrogens is 566 g/mol. The number of fused-ring (bicyclic) bond motifs is 1. The molecule has 0 aliphatic carbocycles. The summed E-state index contributed by atoms with van der Waals surface area (Å²) >= 11 is 1.43. The third kappa shape index (κ3) is 5.79. The number of carboxylic acids is 1. The summed E-state index contributed by atoms with van der Waals surface area (Å²) in [5, 5.41) is 24.1. The van der Waals surface area contributed by atoms with Crippen molar-refractivity contribution < 1.29 is 29.1 Å². The molecule has 1 aromatic heterocycles. The number of nitrogens with two attached hydrogens (primary N) is 1. The van der Waals surface area contributed by atoms with E-state index in [4.69, 9.17) is 5.73 Å². The molecule has 3 amide bonds. The molecule has 0 saturated carbocycles. The minimum Gasteiger partial charge on any atom is -0.477 e. The predicted octanol–water partition coefficient (Wildman–Crippen LogP) is -1.48. The van der Waals surface area contributed by atoms with Gasteiger partial charge in [-0.1, -0.05) is 13.8 Å². The van der Waals surface area contributed by atoms with Crippen LogP contribution in [0.3, 0.4) is 0 Å². The van der Waals surface area contributed by atoms with Crippen LogP contribution in [0.25, 0.3) is 0 Å². The summed E-state index contributed by atoms with van der Waals surface area (Å²) in [6.07, 6.45) is 2.34. The Labute approximate surface area is 247 Å². The Balaban J connectivity index is 1.18. The smallest absolute Gasteiger partial charge is 0.353 e. The normalized spacial score (nSPS) is 28.1. The number of carbonyl (C=O) groups is 5. The van der Waals surface area contributed by atoms with Gasteiger partial charge in [-0.15, -0.1) is 16.9 Å². The average molecular weight is 604 g/mol. The second kappa shape index (κ2) is 12.5. The van der Waals surface area contributed by atoms with Crippen molar-refractivity contribution in [2.45, 2.75) is 57.0 Å². The lowest BCUT2D eigenvalue weighted by Crippen LogP contribution is -2.62. The van der Waals surface area contributed by atoms with Crippen LogP contribution in [0.5, 0.6) is 0 Å². The SMILES string of the molecule is C[C@@H](CC(=O)Cn1cnnn1)[C@H]1C(=O)N2C(C(=O)O)=C(SC3CNC(C(=O)N4CCN(C(=O)CCN)CC4)C3)[C@H](C)[C@H]12. The molecule has 42 heavy (non-hydrogen) atoms. The first-order valence-corrected chi connectivity index (χ1v) is 15.2.